The van der Waals surface area contributed by atoms with Gasteiger partial charge < -0.3 is 20.1 Å². The number of rotatable bonds is 8. The lowest BCUT2D eigenvalue weighted by atomic mass is 9.76. The maximum atomic E-state index is 13.5. The van der Waals surface area contributed by atoms with Gasteiger partial charge in [0.1, 0.15) is 0 Å². The zero-order valence-corrected chi connectivity index (χ0v) is 19.5. The topological polar surface area (TPSA) is 68.8 Å². The van der Waals surface area contributed by atoms with E-state index in [1.54, 1.807) is 0 Å². The Morgan fingerprint density at radius 1 is 1.12 bits per heavy atom. The van der Waals surface area contributed by atoms with Gasteiger partial charge in [-0.25, -0.2) is 0 Å². The summed E-state index contributed by atoms with van der Waals surface area (Å²) in [4.78, 5) is 2.01. The van der Waals surface area contributed by atoms with E-state index in [-0.39, 0.29) is 18.1 Å². The number of nitrogens with one attached hydrogen (secondary N) is 3. The van der Waals surface area contributed by atoms with E-state index in [2.05, 4.69) is 16.0 Å². The third-order valence-electron chi connectivity index (χ3n) is 6.57. The molecule has 186 valence electrons. The van der Waals surface area contributed by atoms with Gasteiger partial charge in [0.25, 0.3) is 0 Å². The molecule has 5 atom stereocenters. The number of aliphatic hydroxyl groups excluding tert-OH is 1. The van der Waals surface area contributed by atoms with E-state index in [0.29, 0.717) is 24.3 Å². The maximum Gasteiger partial charge on any atom is 0.416 e. The molecule has 0 aliphatic carbocycles. The highest BCUT2D eigenvalue weighted by atomic mass is 19.4. The summed E-state index contributed by atoms with van der Waals surface area (Å²) in [6.45, 7) is 1.81. The van der Waals surface area contributed by atoms with E-state index in [1.807, 2.05) is 49.3 Å². The summed E-state index contributed by atoms with van der Waals surface area (Å²) >= 11 is 0. The van der Waals surface area contributed by atoms with Crippen LogP contribution in [0.3, 0.4) is 0 Å². The number of benzene rings is 2. The summed E-state index contributed by atoms with van der Waals surface area (Å²) in [7, 11) is 3.91. The first-order valence-electron chi connectivity index (χ1n) is 11.7. The normalized spacial score (nSPS) is 25.4. The molecule has 1 fully saturated rings. The maximum absolute atomic E-state index is 13.5. The Morgan fingerprint density at radius 2 is 1.88 bits per heavy atom. The SMILES string of the molecule is CN(C)CCNC(O)NC[C@H]1CC[C@@H]2[C@H](O1)c1cc(C(F)(F)F)ccc1N[C@H]2c1ccccc1. The highest BCUT2D eigenvalue weighted by molar-refractivity contribution is 5.58. The lowest BCUT2D eigenvalue weighted by Crippen LogP contribution is -2.49. The highest BCUT2D eigenvalue weighted by Gasteiger charge is 2.43. The van der Waals surface area contributed by atoms with Gasteiger partial charge in [-0.3, -0.25) is 10.6 Å². The Hall–Kier alpha value is -2.17. The van der Waals surface area contributed by atoms with Gasteiger partial charge in [-0.2, -0.15) is 13.2 Å². The molecule has 34 heavy (non-hydrogen) atoms. The molecule has 0 saturated carbocycles. The summed E-state index contributed by atoms with van der Waals surface area (Å²) < 4.78 is 46.8. The van der Waals surface area contributed by atoms with Crippen LogP contribution in [0.5, 0.6) is 0 Å². The third kappa shape index (κ3) is 5.90. The second-order valence-electron chi connectivity index (χ2n) is 9.32. The Morgan fingerprint density at radius 3 is 2.59 bits per heavy atom. The predicted octanol–water partition coefficient (Wildman–Crippen LogP) is 3.73. The fourth-order valence-electron chi connectivity index (χ4n) is 4.81. The molecule has 6 nitrogen and oxygen atoms in total. The largest absolute Gasteiger partial charge is 0.416 e. The van der Waals surface area contributed by atoms with Crippen LogP contribution in [0.1, 0.15) is 41.7 Å². The second-order valence-corrected chi connectivity index (χ2v) is 9.32. The number of alkyl halides is 3. The summed E-state index contributed by atoms with van der Waals surface area (Å²) in [5, 5.41) is 19.7. The molecule has 2 aromatic carbocycles. The quantitative estimate of drug-likeness (QED) is 0.434. The summed E-state index contributed by atoms with van der Waals surface area (Å²) in [5.74, 6) is -0.00206. The first kappa shape index (κ1) is 24.9. The van der Waals surface area contributed by atoms with Gasteiger partial charge in [-0.1, -0.05) is 30.3 Å². The van der Waals surface area contributed by atoms with Crippen LogP contribution >= 0.6 is 0 Å². The number of aliphatic hydroxyl groups is 1. The van der Waals surface area contributed by atoms with Crippen LogP contribution in [-0.4, -0.2) is 56.2 Å². The van der Waals surface area contributed by atoms with Gasteiger partial charge in [-0.15, -0.1) is 0 Å². The Labute approximate surface area is 198 Å². The van der Waals surface area contributed by atoms with E-state index in [4.69, 9.17) is 4.74 Å². The van der Waals surface area contributed by atoms with Crippen LogP contribution in [-0.2, 0) is 10.9 Å². The van der Waals surface area contributed by atoms with E-state index in [9.17, 15) is 18.3 Å². The van der Waals surface area contributed by atoms with Crippen LogP contribution in [0, 0.1) is 5.92 Å². The second kappa shape index (κ2) is 10.6. The van der Waals surface area contributed by atoms with Crippen molar-refractivity contribution in [1.29, 1.82) is 0 Å². The molecule has 2 heterocycles. The smallest absolute Gasteiger partial charge is 0.378 e. The van der Waals surface area contributed by atoms with Crippen LogP contribution in [0.2, 0.25) is 0 Å². The first-order chi connectivity index (χ1) is 16.2. The van der Waals surface area contributed by atoms with E-state index in [0.717, 1.165) is 31.0 Å². The molecule has 0 aromatic heterocycles. The first-order valence-corrected chi connectivity index (χ1v) is 11.7. The van der Waals surface area contributed by atoms with Crippen molar-refractivity contribution < 1.29 is 23.0 Å². The lowest BCUT2D eigenvalue weighted by Gasteiger charge is -2.46. The van der Waals surface area contributed by atoms with Crippen LogP contribution in [0.25, 0.3) is 0 Å². The molecule has 2 aromatic rings. The summed E-state index contributed by atoms with van der Waals surface area (Å²) in [6, 6.07) is 13.7. The Bertz CT molecular complexity index is 942. The molecule has 1 unspecified atom stereocenters. The van der Waals surface area contributed by atoms with Crippen molar-refractivity contribution in [2.75, 3.05) is 39.0 Å². The summed E-state index contributed by atoms with van der Waals surface area (Å²) in [6.07, 6.45) is -4.44. The Balaban J connectivity index is 1.51. The molecule has 1 saturated heterocycles. The zero-order chi connectivity index (χ0) is 24.3. The minimum atomic E-state index is -4.42. The van der Waals surface area contributed by atoms with Crippen molar-refractivity contribution in [3.63, 3.8) is 0 Å². The summed E-state index contributed by atoms with van der Waals surface area (Å²) in [5.41, 5.74) is 1.63. The highest BCUT2D eigenvalue weighted by Crippen LogP contribution is 2.51. The fourth-order valence-corrected chi connectivity index (χ4v) is 4.81. The number of nitrogens with zero attached hydrogens (tertiary/aromatic N) is 1. The van der Waals surface area contributed by atoms with Crippen LogP contribution < -0.4 is 16.0 Å². The lowest BCUT2D eigenvalue weighted by molar-refractivity contribution is -0.138. The van der Waals surface area contributed by atoms with Gasteiger partial charge in [0.15, 0.2) is 6.35 Å². The van der Waals surface area contributed by atoms with Crippen molar-refractivity contribution >= 4 is 5.69 Å². The van der Waals surface area contributed by atoms with Gasteiger partial charge in [0.2, 0.25) is 0 Å². The van der Waals surface area contributed by atoms with Crippen molar-refractivity contribution in [3.05, 3.63) is 65.2 Å². The molecular formula is C25H33F3N4O2. The average Bonchev–Trinajstić information content (AvgIpc) is 2.81. The molecule has 2 aliphatic heterocycles. The van der Waals surface area contributed by atoms with E-state index < -0.39 is 24.2 Å². The molecule has 4 rings (SSSR count). The van der Waals surface area contributed by atoms with E-state index >= 15 is 0 Å². The molecule has 0 amide bonds. The fraction of sp³-hybridized carbons (Fsp3) is 0.520. The number of likely N-dealkylation sites (N-methyl/N-ethyl adjacent to an activating group) is 1. The number of anilines is 1. The minimum absolute atomic E-state index is 0.00206. The molecule has 0 bridgehead atoms. The number of hydrogen-bond donors (Lipinski definition) is 4. The predicted molar refractivity (Wildman–Crippen MR) is 125 cm³/mol. The standard InChI is InChI=1S/C25H33F3N4O2/c1-32(2)13-12-29-24(33)30-15-18-9-10-19-22(16-6-4-3-5-7-16)31-21-11-8-17(25(26,27)28)14-20(21)23(19)34-18/h3-8,11,14,18-19,22-24,29-31,33H,9-10,12-13,15H2,1-2H3/t18-,19+,22+,23+,24?/m1/s1. The molecule has 4 N–H and O–H groups in total. The Kier molecular flexibility index (Phi) is 7.79. The minimum Gasteiger partial charge on any atom is -0.378 e. The number of hydrogen-bond acceptors (Lipinski definition) is 6. The van der Waals surface area contributed by atoms with Crippen molar-refractivity contribution in [2.24, 2.45) is 5.92 Å². The van der Waals surface area contributed by atoms with E-state index in [1.165, 1.54) is 12.1 Å². The number of halogens is 3. The zero-order valence-electron chi connectivity index (χ0n) is 19.5. The molecule has 0 spiro atoms. The molecule has 9 heteroatoms. The van der Waals surface area contributed by atoms with Crippen LogP contribution in [0.15, 0.2) is 48.5 Å². The average molecular weight is 479 g/mol. The van der Waals surface area contributed by atoms with Gasteiger partial charge in [0, 0.05) is 36.8 Å². The van der Waals surface area contributed by atoms with Crippen molar-refractivity contribution in [1.82, 2.24) is 15.5 Å². The van der Waals surface area contributed by atoms with Gasteiger partial charge >= 0.3 is 6.18 Å². The number of fused-ring (bicyclic) bond motifs is 3. The monoisotopic (exact) mass is 478 g/mol. The third-order valence-corrected chi connectivity index (χ3v) is 6.57. The number of ether oxygens (including phenoxy) is 1. The van der Waals surface area contributed by atoms with Gasteiger partial charge in [0.05, 0.1) is 23.8 Å². The van der Waals surface area contributed by atoms with Crippen molar-refractivity contribution in [3.8, 4) is 0 Å². The molecule has 0 radical (unpaired) electrons. The molecular weight excluding hydrogens is 445 g/mol. The van der Waals surface area contributed by atoms with Crippen LogP contribution in [0.4, 0.5) is 18.9 Å². The molecule has 2 aliphatic rings. The van der Waals surface area contributed by atoms with Gasteiger partial charge in [-0.05, 0) is 50.7 Å². The van der Waals surface area contributed by atoms with Crippen molar-refractivity contribution in [2.45, 2.75) is 43.6 Å².